The van der Waals surface area contributed by atoms with Crippen LogP contribution in [-0.2, 0) is 0 Å². The highest BCUT2D eigenvalue weighted by Gasteiger charge is 2.26. The normalized spacial score (nSPS) is 13.1. The van der Waals surface area contributed by atoms with Gasteiger partial charge >= 0.3 is 0 Å². The van der Waals surface area contributed by atoms with Crippen molar-refractivity contribution >= 4 is 23.4 Å². The number of carbonyl (C=O) groups excluding carboxylic acids is 1. The van der Waals surface area contributed by atoms with Crippen LogP contribution >= 0.6 is 0 Å². The second kappa shape index (κ2) is 4.34. The van der Waals surface area contributed by atoms with Crippen LogP contribution in [0.5, 0.6) is 5.75 Å². The molecule has 2 N–H and O–H groups in total. The molecule has 0 saturated heterocycles. The van der Waals surface area contributed by atoms with E-state index < -0.39 is 11.5 Å². The van der Waals surface area contributed by atoms with Gasteiger partial charge in [0.25, 0.3) is 11.5 Å². The molecule has 2 aromatic rings. The van der Waals surface area contributed by atoms with Crippen molar-refractivity contribution in [2.75, 3.05) is 12.8 Å². The smallest absolute Gasteiger partial charge is 0.267 e. The summed E-state index contributed by atoms with van der Waals surface area (Å²) in [5.74, 6) is 0.563. The lowest BCUT2D eigenvalue weighted by Gasteiger charge is -2.05. The number of nitrogen functional groups attached to an aromatic ring is 1. The third kappa shape index (κ3) is 1.78. The van der Waals surface area contributed by atoms with Gasteiger partial charge in [-0.05, 0) is 23.8 Å². The van der Waals surface area contributed by atoms with E-state index in [4.69, 9.17) is 10.5 Å². The van der Waals surface area contributed by atoms with Crippen LogP contribution in [-0.4, -0.2) is 22.6 Å². The minimum Gasteiger partial charge on any atom is -0.497 e. The summed E-state index contributed by atoms with van der Waals surface area (Å²) >= 11 is 0. The van der Waals surface area contributed by atoms with Crippen LogP contribution in [0, 0.1) is 0 Å². The van der Waals surface area contributed by atoms with E-state index in [2.05, 4.69) is 4.98 Å². The molecule has 1 aromatic carbocycles. The number of allylic oxidation sites excluding steroid dienone is 1. The van der Waals surface area contributed by atoms with Crippen molar-refractivity contribution in [2.24, 2.45) is 0 Å². The maximum atomic E-state index is 12.3. The fourth-order valence-electron chi connectivity index (χ4n) is 2.13. The van der Waals surface area contributed by atoms with Crippen LogP contribution < -0.4 is 16.0 Å². The van der Waals surface area contributed by atoms with E-state index in [9.17, 15) is 9.59 Å². The summed E-state index contributed by atoms with van der Waals surface area (Å²) in [5, 5.41) is 0. The maximum Gasteiger partial charge on any atom is 0.267 e. The molecule has 1 aliphatic heterocycles. The summed E-state index contributed by atoms with van der Waals surface area (Å²) in [4.78, 5) is 28.1. The average Bonchev–Trinajstić information content (AvgIpc) is 2.76. The number of methoxy groups -OCH3 is 1. The Bertz CT molecular complexity index is 806. The second-order valence-corrected chi connectivity index (χ2v) is 4.31. The standard InChI is InChI=1S/C14H11N3O3/c1-20-9-4-2-3-8(5-9)10-6-12-16-11(15)7-13(18)17(12)14(10)19/h2-7H,15H2,1H3. The second-order valence-electron chi connectivity index (χ2n) is 4.31. The summed E-state index contributed by atoms with van der Waals surface area (Å²) in [5.41, 5.74) is 6.09. The molecule has 1 aromatic heterocycles. The number of carbonyl (C=O) groups is 1. The molecule has 1 aliphatic rings. The summed E-state index contributed by atoms with van der Waals surface area (Å²) in [6.07, 6.45) is 1.55. The van der Waals surface area contributed by atoms with E-state index >= 15 is 0 Å². The molecular weight excluding hydrogens is 258 g/mol. The highest BCUT2D eigenvalue weighted by Crippen LogP contribution is 2.27. The zero-order valence-corrected chi connectivity index (χ0v) is 10.7. The van der Waals surface area contributed by atoms with Crippen molar-refractivity contribution in [1.82, 2.24) is 9.55 Å². The van der Waals surface area contributed by atoms with Crippen molar-refractivity contribution in [2.45, 2.75) is 0 Å². The van der Waals surface area contributed by atoms with Crippen molar-refractivity contribution < 1.29 is 9.53 Å². The van der Waals surface area contributed by atoms with Gasteiger partial charge in [-0.1, -0.05) is 12.1 Å². The fourth-order valence-corrected chi connectivity index (χ4v) is 2.13. The largest absolute Gasteiger partial charge is 0.497 e. The SMILES string of the molecule is COc1cccc(C2=Cc3nc(N)cc(=O)n3C2=O)c1. The topological polar surface area (TPSA) is 87.2 Å². The van der Waals surface area contributed by atoms with Crippen LogP contribution in [0.15, 0.2) is 35.1 Å². The Morgan fingerprint density at radius 1 is 1.25 bits per heavy atom. The van der Waals surface area contributed by atoms with Gasteiger partial charge in [0, 0.05) is 6.07 Å². The third-order valence-corrected chi connectivity index (χ3v) is 3.05. The Hall–Kier alpha value is -2.89. The zero-order valence-electron chi connectivity index (χ0n) is 10.7. The molecule has 20 heavy (non-hydrogen) atoms. The summed E-state index contributed by atoms with van der Waals surface area (Å²) in [6, 6.07) is 8.18. The number of nitrogens with zero attached hydrogens (tertiary/aromatic N) is 2. The van der Waals surface area contributed by atoms with E-state index in [0.717, 1.165) is 10.6 Å². The molecule has 0 spiro atoms. The van der Waals surface area contributed by atoms with Gasteiger partial charge in [0.05, 0.1) is 12.7 Å². The minimum absolute atomic E-state index is 0.0946. The number of rotatable bonds is 2. The van der Waals surface area contributed by atoms with Gasteiger partial charge < -0.3 is 10.5 Å². The Balaban J connectivity index is 2.14. The number of fused-ring (bicyclic) bond motifs is 1. The predicted molar refractivity (Wildman–Crippen MR) is 74.4 cm³/mol. The predicted octanol–water partition coefficient (Wildman–Crippen LogP) is 1.03. The zero-order chi connectivity index (χ0) is 14.3. The summed E-state index contributed by atoms with van der Waals surface area (Å²) < 4.78 is 6.13. The van der Waals surface area contributed by atoms with E-state index in [1.165, 1.54) is 0 Å². The Morgan fingerprint density at radius 2 is 2.05 bits per heavy atom. The molecule has 3 rings (SSSR count). The molecular formula is C14H11N3O3. The first-order valence-electron chi connectivity index (χ1n) is 5.90. The lowest BCUT2D eigenvalue weighted by atomic mass is 10.1. The van der Waals surface area contributed by atoms with Gasteiger partial charge in [0.15, 0.2) is 0 Å². The Labute approximate surface area is 114 Å². The van der Waals surface area contributed by atoms with Gasteiger partial charge in [-0.15, -0.1) is 0 Å². The Kier molecular flexibility index (Phi) is 2.64. The van der Waals surface area contributed by atoms with E-state index in [0.29, 0.717) is 16.9 Å². The first-order chi connectivity index (χ1) is 9.60. The molecule has 2 heterocycles. The first-order valence-corrected chi connectivity index (χ1v) is 5.90. The average molecular weight is 269 g/mol. The number of hydrogen-bond acceptors (Lipinski definition) is 5. The van der Waals surface area contributed by atoms with Crippen LogP contribution in [0.25, 0.3) is 11.6 Å². The Morgan fingerprint density at radius 3 is 2.80 bits per heavy atom. The molecule has 0 atom stereocenters. The van der Waals surface area contributed by atoms with Crippen molar-refractivity contribution in [3.8, 4) is 5.75 Å². The van der Waals surface area contributed by atoms with Crippen molar-refractivity contribution in [1.29, 1.82) is 0 Å². The van der Waals surface area contributed by atoms with Gasteiger partial charge in [0.1, 0.15) is 17.4 Å². The first kappa shape index (κ1) is 12.2. The lowest BCUT2D eigenvalue weighted by molar-refractivity contribution is 0.0979. The molecule has 6 heteroatoms. The van der Waals surface area contributed by atoms with E-state index in [1.54, 1.807) is 37.5 Å². The molecule has 100 valence electrons. The lowest BCUT2D eigenvalue weighted by Crippen LogP contribution is -2.26. The highest BCUT2D eigenvalue weighted by atomic mass is 16.5. The van der Waals surface area contributed by atoms with Crippen molar-refractivity contribution in [3.05, 3.63) is 52.1 Å². The van der Waals surface area contributed by atoms with Crippen LogP contribution in [0.3, 0.4) is 0 Å². The molecule has 0 aliphatic carbocycles. The minimum atomic E-state index is -0.480. The molecule has 0 saturated carbocycles. The maximum absolute atomic E-state index is 12.3. The van der Waals surface area contributed by atoms with Crippen LogP contribution in [0.4, 0.5) is 5.82 Å². The number of nitrogens with two attached hydrogens (primary N) is 1. The van der Waals surface area contributed by atoms with E-state index in [1.807, 2.05) is 0 Å². The summed E-state index contributed by atoms with van der Waals surface area (Å²) in [7, 11) is 1.55. The van der Waals surface area contributed by atoms with Gasteiger partial charge in [-0.2, -0.15) is 0 Å². The molecule has 6 nitrogen and oxygen atoms in total. The molecule has 0 fully saturated rings. The van der Waals surface area contributed by atoms with Gasteiger partial charge in [0.2, 0.25) is 0 Å². The highest BCUT2D eigenvalue weighted by molar-refractivity contribution is 6.28. The number of aromatic nitrogens is 2. The monoisotopic (exact) mass is 269 g/mol. The molecule has 0 radical (unpaired) electrons. The summed E-state index contributed by atoms with van der Waals surface area (Å²) in [6.45, 7) is 0. The fraction of sp³-hybridized carbons (Fsp3) is 0.0714. The van der Waals surface area contributed by atoms with Gasteiger partial charge in [-0.25, -0.2) is 9.55 Å². The van der Waals surface area contributed by atoms with Crippen LogP contribution in [0.1, 0.15) is 16.2 Å². The quantitative estimate of drug-likeness (QED) is 0.879. The number of benzene rings is 1. The molecule has 0 bridgehead atoms. The number of hydrogen-bond donors (Lipinski definition) is 1. The van der Waals surface area contributed by atoms with E-state index in [-0.39, 0.29) is 11.6 Å². The van der Waals surface area contributed by atoms with Crippen LogP contribution in [0.2, 0.25) is 0 Å². The van der Waals surface area contributed by atoms with Gasteiger partial charge in [-0.3, -0.25) is 9.59 Å². The molecule has 0 unspecified atom stereocenters. The van der Waals surface area contributed by atoms with Crippen molar-refractivity contribution in [3.63, 3.8) is 0 Å². The number of ether oxygens (including phenoxy) is 1. The third-order valence-electron chi connectivity index (χ3n) is 3.05. The molecule has 0 amide bonds. The number of anilines is 1.